The smallest absolute Gasteiger partial charge is 0.444 e. The van der Waals surface area contributed by atoms with Crippen LogP contribution in [-0.2, 0) is 0 Å². The maximum absolute atomic E-state index is 8.00. The molecule has 0 aliphatic heterocycles. The molecule has 11 heavy (non-hydrogen) atoms. The van der Waals surface area contributed by atoms with Crippen LogP contribution in [0.5, 0.6) is 0 Å². The molecule has 0 amide bonds. The summed E-state index contributed by atoms with van der Waals surface area (Å²) >= 11 is 0. The summed E-state index contributed by atoms with van der Waals surface area (Å²) in [5.41, 5.74) is 0. The van der Waals surface area contributed by atoms with Gasteiger partial charge >= 0.3 is 35.6 Å². The number of nitrogens with zero attached hydrogens (tertiary/aromatic N) is 3. The van der Waals surface area contributed by atoms with Gasteiger partial charge in [-0.05, 0) is 0 Å². The molecular formula is H2LaN3O7. The van der Waals surface area contributed by atoms with Crippen molar-refractivity contribution in [3.8, 4) is 0 Å². The number of rotatable bonds is 0. The Morgan fingerprint density at radius 3 is 0.727 bits per heavy atom. The maximum atomic E-state index is 8.00. The maximum Gasteiger partial charge on any atom is 3.00 e. The number of hydrogen-bond donors (Lipinski definition) is 0. The SMILES string of the molecule is O.O=N[O-].O=N[O-].O=N[O-].[La+3]. The van der Waals surface area contributed by atoms with Gasteiger partial charge in [0, 0.05) is 0 Å². The van der Waals surface area contributed by atoms with Crippen molar-refractivity contribution >= 4 is 0 Å². The summed E-state index contributed by atoms with van der Waals surface area (Å²) < 4.78 is 0. The summed E-state index contributed by atoms with van der Waals surface area (Å²) in [5, 5.41) is 27.0. The summed E-state index contributed by atoms with van der Waals surface area (Å²) in [6.07, 6.45) is 0. The molecule has 0 unspecified atom stereocenters. The third-order valence-electron chi connectivity index (χ3n) is 0. The Labute approximate surface area is 87.3 Å². The molecule has 10 nitrogen and oxygen atoms in total. The molecule has 2 N–H and O–H groups in total. The van der Waals surface area contributed by atoms with Crippen LogP contribution in [0.4, 0.5) is 0 Å². The van der Waals surface area contributed by atoms with E-state index in [0.29, 0.717) is 0 Å². The molecule has 0 radical (unpaired) electrons. The van der Waals surface area contributed by atoms with Gasteiger partial charge in [-0.1, -0.05) is 0 Å². The zero-order chi connectivity index (χ0) is 8.12. The zero-order valence-electron chi connectivity index (χ0n) is 4.87. The molecule has 0 atom stereocenters. The third kappa shape index (κ3) is 1220. The van der Waals surface area contributed by atoms with Gasteiger partial charge in [0.05, 0.1) is 0 Å². The fourth-order valence-corrected chi connectivity index (χ4v) is 0. The average molecular weight is 295 g/mol. The molecule has 0 aliphatic rings. The Bertz CT molecular complexity index is 50.4. The molecule has 0 rings (SSSR count). The molecule has 62 valence electrons. The van der Waals surface area contributed by atoms with Crippen LogP contribution in [0.25, 0.3) is 0 Å². The van der Waals surface area contributed by atoms with Gasteiger partial charge in [-0.15, -0.1) is 16.0 Å². The van der Waals surface area contributed by atoms with Crippen molar-refractivity contribution in [2.45, 2.75) is 0 Å². The van der Waals surface area contributed by atoms with Crippen molar-refractivity contribution in [3.05, 3.63) is 30.3 Å². The summed E-state index contributed by atoms with van der Waals surface area (Å²) in [7, 11) is 0. The van der Waals surface area contributed by atoms with Crippen molar-refractivity contribution in [2.75, 3.05) is 0 Å². The molecule has 0 saturated carbocycles. The minimum absolute atomic E-state index is 0. The second-order valence-corrected chi connectivity index (χ2v) is 0.224. The van der Waals surface area contributed by atoms with Gasteiger partial charge in [0.15, 0.2) is 0 Å². The normalized spacial score (nSPS) is 3.27. The molecule has 0 aromatic rings. The van der Waals surface area contributed by atoms with Crippen LogP contribution in [-0.4, -0.2) is 5.48 Å². The molecule has 0 spiro atoms. The summed E-state index contributed by atoms with van der Waals surface area (Å²) in [4.78, 5) is 24.0. The van der Waals surface area contributed by atoms with Crippen molar-refractivity contribution < 1.29 is 41.1 Å². The fourth-order valence-electron chi connectivity index (χ4n) is 0. The van der Waals surface area contributed by atoms with Gasteiger partial charge in [0.2, 0.25) is 0 Å². The van der Waals surface area contributed by atoms with E-state index in [1.807, 2.05) is 0 Å². The predicted molar refractivity (Wildman–Crippen MR) is 31.1 cm³/mol. The summed E-state index contributed by atoms with van der Waals surface area (Å²) in [5.74, 6) is 0. The zero-order valence-corrected chi connectivity index (χ0v) is 8.49. The van der Waals surface area contributed by atoms with Crippen LogP contribution in [0.15, 0.2) is 16.0 Å². The van der Waals surface area contributed by atoms with E-state index in [0.717, 1.165) is 16.0 Å². The van der Waals surface area contributed by atoms with Crippen molar-refractivity contribution in [1.29, 1.82) is 0 Å². The van der Waals surface area contributed by atoms with Gasteiger partial charge < -0.3 is 35.8 Å². The van der Waals surface area contributed by atoms with Gasteiger partial charge in [-0.25, -0.2) is 0 Å². The average Bonchev–Trinajstić information content (AvgIpc) is 1.70. The quantitative estimate of drug-likeness (QED) is 0.443. The Morgan fingerprint density at radius 2 is 0.727 bits per heavy atom. The van der Waals surface area contributed by atoms with E-state index in [-0.39, 0.29) is 41.1 Å². The van der Waals surface area contributed by atoms with E-state index in [1.54, 1.807) is 0 Å². The first-order valence-corrected chi connectivity index (χ1v) is 1.10. The minimum Gasteiger partial charge on any atom is -0.444 e. The summed E-state index contributed by atoms with van der Waals surface area (Å²) in [6, 6.07) is 0. The van der Waals surface area contributed by atoms with Crippen LogP contribution in [0.3, 0.4) is 0 Å². The topological polar surface area (TPSA) is 189 Å². The minimum atomic E-state index is 0. The van der Waals surface area contributed by atoms with E-state index in [9.17, 15) is 0 Å². The predicted octanol–water partition coefficient (Wildman–Crippen LogP) is -0.0729. The first kappa shape index (κ1) is 31.6. The molecule has 11 heteroatoms. The molecule has 0 fully saturated rings. The molecule has 0 bridgehead atoms. The molecule has 0 aromatic carbocycles. The van der Waals surface area contributed by atoms with Crippen molar-refractivity contribution in [2.24, 2.45) is 16.0 Å². The van der Waals surface area contributed by atoms with Crippen LogP contribution >= 0.6 is 0 Å². The Balaban J connectivity index is -0.0000000150. The largest absolute Gasteiger partial charge is 3.00 e. The van der Waals surface area contributed by atoms with Gasteiger partial charge in [-0.3, -0.25) is 0 Å². The molecule has 0 aromatic heterocycles. The fraction of sp³-hybridized carbons (Fsp3) is 0. The molecular weight excluding hydrogens is 293 g/mol. The summed E-state index contributed by atoms with van der Waals surface area (Å²) in [6.45, 7) is 0. The van der Waals surface area contributed by atoms with E-state index in [1.165, 1.54) is 0 Å². The molecule has 0 aliphatic carbocycles. The Morgan fingerprint density at radius 1 is 0.727 bits per heavy atom. The van der Waals surface area contributed by atoms with Crippen LogP contribution < -0.4 is 0 Å². The van der Waals surface area contributed by atoms with Crippen LogP contribution in [0.1, 0.15) is 0 Å². The van der Waals surface area contributed by atoms with Gasteiger partial charge in [0.1, 0.15) is 0 Å². The Kier molecular flexibility index (Phi) is 338. The van der Waals surface area contributed by atoms with Gasteiger partial charge in [-0.2, -0.15) is 0 Å². The van der Waals surface area contributed by atoms with Crippen molar-refractivity contribution in [1.82, 2.24) is 0 Å². The van der Waals surface area contributed by atoms with E-state index in [2.05, 4.69) is 0 Å². The first-order chi connectivity index (χ1) is 4.24. The van der Waals surface area contributed by atoms with E-state index >= 15 is 0 Å². The third-order valence-corrected chi connectivity index (χ3v) is 0. The first-order valence-electron chi connectivity index (χ1n) is 1.10. The van der Waals surface area contributed by atoms with E-state index < -0.39 is 0 Å². The van der Waals surface area contributed by atoms with Crippen LogP contribution in [0, 0.1) is 65.9 Å². The van der Waals surface area contributed by atoms with Crippen molar-refractivity contribution in [3.63, 3.8) is 0 Å². The second kappa shape index (κ2) is 118. The number of hydrogen-bond acceptors (Lipinski definition) is 9. The second-order valence-electron chi connectivity index (χ2n) is 0.224. The Hall–Kier alpha value is -0.645. The van der Waals surface area contributed by atoms with Gasteiger partial charge in [0.25, 0.3) is 0 Å². The standard InChI is InChI=1S/La.3HNO2.H2O/c;3*2-1-3;/h;3*(H,2,3);1H2/q+3;;;;/p-3. The van der Waals surface area contributed by atoms with E-state index in [4.69, 9.17) is 30.3 Å². The molecule has 0 heterocycles. The molecule has 0 saturated heterocycles. The monoisotopic (exact) mass is 295 g/mol. The van der Waals surface area contributed by atoms with Crippen LogP contribution in [0.2, 0.25) is 0 Å².